The molecule has 1 aliphatic heterocycles. The maximum Gasteiger partial charge on any atom is 0.237 e. The maximum absolute atomic E-state index is 12.8. The largest absolute Gasteiger partial charge is 0.338 e. The van der Waals surface area contributed by atoms with Crippen molar-refractivity contribution < 1.29 is 4.79 Å². The third kappa shape index (κ3) is 3.01. The number of aryl methyl sites for hydroxylation is 2. The van der Waals surface area contributed by atoms with Gasteiger partial charge in [0.2, 0.25) is 11.1 Å². The van der Waals surface area contributed by atoms with Gasteiger partial charge in [0.1, 0.15) is 5.52 Å². The number of amides is 1. The molecule has 28 heavy (non-hydrogen) atoms. The molecule has 4 aromatic rings. The van der Waals surface area contributed by atoms with Gasteiger partial charge in [-0.3, -0.25) is 4.79 Å². The van der Waals surface area contributed by atoms with Crippen LogP contribution in [0.1, 0.15) is 17.5 Å². The van der Waals surface area contributed by atoms with Gasteiger partial charge in [-0.25, -0.2) is 4.98 Å². The monoisotopic (exact) mass is 389 g/mol. The van der Waals surface area contributed by atoms with Gasteiger partial charge < -0.3 is 9.88 Å². The molecule has 0 unspecified atom stereocenters. The Hall–Kier alpha value is -2.93. The van der Waals surface area contributed by atoms with Crippen molar-refractivity contribution in [3.05, 3.63) is 53.6 Å². The Morgan fingerprint density at radius 2 is 2.11 bits per heavy atom. The smallest absolute Gasteiger partial charge is 0.237 e. The summed E-state index contributed by atoms with van der Waals surface area (Å²) in [6.45, 7) is 2.81. The van der Waals surface area contributed by atoms with Crippen LogP contribution in [0.25, 0.3) is 22.1 Å². The first-order valence-electron chi connectivity index (χ1n) is 9.33. The Balaban J connectivity index is 1.36. The molecule has 0 saturated carbocycles. The Morgan fingerprint density at radius 1 is 1.21 bits per heavy atom. The van der Waals surface area contributed by atoms with Crippen LogP contribution in [-0.2, 0) is 11.2 Å². The van der Waals surface area contributed by atoms with E-state index < -0.39 is 0 Å². The van der Waals surface area contributed by atoms with E-state index in [9.17, 15) is 4.79 Å². The highest BCUT2D eigenvalue weighted by atomic mass is 32.2. The molecule has 140 valence electrons. The third-order valence-corrected chi connectivity index (χ3v) is 5.91. The van der Waals surface area contributed by atoms with Crippen LogP contribution in [-0.4, -0.2) is 38.4 Å². The van der Waals surface area contributed by atoms with Crippen LogP contribution in [0.15, 0.2) is 47.6 Å². The van der Waals surface area contributed by atoms with Crippen molar-refractivity contribution in [2.45, 2.75) is 24.9 Å². The second kappa shape index (κ2) is 6.91. The number of carbonyl (C=O) groups excluding carboxylic acids is 1. The van der Waals surface area contributed by atoms with Gasteiger partial charge in [-0.05, 0) is 43.5 Å². The highest BCUT2D eigenvalue weighted by Crippen LogP contribution is 2.28. The lowest BCUT2D eigenvalue weighted by Gasteiger charge is -2.29. The van der Waals surface area contributed by atoms with Crippen molar-refractivity contribution in [2.75, 3.05) is 17.2 Å². The molecule has 0 spiro atoms. The first-order valence-corrected chi connectivity index (χ1v) is 10.3. The van der Waals surface area contributed by atoms with Gasteiger partial charge in [-0.15, -0.1) is 10.2 Å². The molecule has 3 heterocycles. The molecule has 2 aromatic carbocycles. The summed E-state index contributed by atoms with van der Waals surface area (Å²) in [5, 5.41) is 10.1. The van der Waals surface area contributed by atoms with Crippen LogP contribution in [0.4, 0.5) is 5.69 Å². The minimum atomic E-state index is 0.0770. The zero-order valence-corrected chi connectivity index (χ0v) is 16.3. The highest BCUT2D eigenvalue weighted by molar-refractivity contribution is 7.99. The summed E-state index contributed by atoms with van der Waals surface area (Å²) >= 11 is 1.33. The molecule has 0 radical (unpaired) electrons. The number of anilines is 1. The van der Waals surface area contributed by atoms with Crippen LogP contribution < -0.4 is 4.90 Å². The molecule has 1 N–H and O–H groups in total. The summed E-state index contributed by atoms with van der Waals surface area (Å²) in [5.41, 5.74) is 5.89. The molecular weight excluding hydrogens is 370 g/mol. The predicted molar refractivity (Wildman–Crippen MR) is 112 cm³/mol. The van der Waals surface area contributed by atoms with E-state index in [1.165, 1.54) is 22.9 Å². The van der Waals surface area contributed by atoms with Gasteiger partial charge in [-0.1, -0.05) is 41.6 Å². The molecule has 2 aromatic heterocycles. The number of H-pyrrole nitrogens is 1. The number of aromatic amines is 1. The van der Waals surface area contributed by atoms with E-state index in [2.05, 4.69) is 38.4 Å². The predicted octanol–water partition coefficient (Wildman–Crippen LogP) is 3.89. The minimum Gasteiger partial charge on any atom is -0.338 e. The average Bonchev–Trinajstić information content (AvgIpc) is 3.08. The molecule has 1 amide bonds. The third-order valence-electron chi connectivity index (χ3n) is 5.09. The molecule has 0 saturated heterocycles. The zero-order chi connectivity index (χ0) is 19.1. The molecule has 6 nitrogen and oxygen atoms in total. The quantitative estimate of drug-likeness (QED) is 0.538. The lowest BCUT2D eigenvalue weighted by molar-refractivity contribution is -0.116. The van der Waals surface area contributed by atoms with E-state index >= 15 is 0 Å². The van der Waals surface area contributed by atoms with Gasteiger partial charge in [-0.2, -0.15) is 0 Å². The van der Waals surface area contributed by atoms with E-state index in [0.717, 1.165) is 41.5 Å². The summed E-state index contributed by atoms with van der Waals surface area (Å²) in [5.74, 6) is 0.369. The summed E-state index contributed by atoms with van der Waals surface area (Å²) in [7, 11) is 0. The van der Waals surface area contributed by atoms with Gasteiger partial charge >= 0.3 is 0 Å². The fraction of sp³-hybridized carbons (Fsp3) is 0.238. The number of hydrogen-bond acceptors (Lipinski definition) is 5. The zero-order valence-electron chi connectivity index (χ0n) is 15.5. The number of thioether (sulfide) groups is 1. The normalized spacial score (nSPS) is 13.8. The molecule has 5 rings (SSSR count). The molecule has 1 aliphatic rings. The van der Waals surface area contributed by atoms with Gasteiger partial charge in [0.25, 0.3) is 0 Å². The Kier molecular flexibility index (Phi) is 4.24. The van der Waals surface area contributed by atoms with Crippen molar-refractivity contribution in [2.24, 2.45) is 0 Å². The standard InChI is InChI=1S/C21H19N5OS/c1-13-8-9-16-15(11-13)19-20(22-16)23-21(25-24-19)28-12-18(27)26-10-4-6-14-5-2-3-7-17(14)26/h2-3,5,7-9,11H,4,6,10,12H2,1H3,(H,22,23,25). The van der Waals surface area contributed by atoms with Crippen molar-refractivity contribution in [3.8, 4) is 0 Å². The Morgan fingerprint density at radius 3 is 3.04 bits per heavy atom. The number of para-hydroxylation sites is 1. The van der Waals surface area contributed by atoms with Crippen LogP contribution in [0, 0.1) is 6.92 Å². The van der Waals surface area contributed by atoms with E-state index in [4.69, 9.17) is 0 Å². The van der Waals surface area contributed by atoms with Gasteiger partial charge in [0, 0.05) is 23.1 Å². The first-order chi connectivity index (χ1) is 13.7. The van der Waals surface area contributed by atoms with Crippen molar-refractivity contribution in [1.82, 2.24) is 20.2 Å². The maximum atomic E-state index is 12.8. The average molecular weight is 389 g/mol. The summed E-state index contributed by atoms with van der Waals surface area (Å²) in [6, 6.07) is 14.3. The number of fused-ring (bicyclic) bond motifs is 4. The number of hydrogen-bond donors (Lipinski definition) is 1. The molecule has 0 atom stereocenters. The summed E-state index contributed by atoms with van der Waals surface area (Å²) < 4.78 is 0. The Bertz CT molecular complexity index is 1200. The van der Waals surface area contributed by atoms with Crippen molar-refractivity contribution in [1.29, 1.82) is 0 Å². The number of rotatable bonds is 3. The number of aromatic nitrogens is 4. The fourth-order valence-corrected chi connectivity index (χ4v) is 4.39. The molecule has 0 fully saturated rings. The van der Waals surface area contributed by atoms with E-state index in [1.54, 1.807) is 0 Å². The second-order valence-corrected chi connectivity index (χ2v) is 7.97. The number of benzene rings is 2. The first kappa shape index (κ1) is 17.2. The second-order valence-electron chi connectivity index (χ2n) is 7.03. The van der Waals surface area contributed by atoms with Crippen molar-refractivity contribution >= 4 is 45.4 Å². The lowest BCUT2D eigenvalue weighted by Crippen LogP contribution is -2.36. The SMILES string of the molecule is Cc1ccc2[nH]c3nc(SCC(=O)N4CCCc5ccccc54)nnc3c2c1. The fourth-order valence-electron chi connectivity index (χ4n) is 3.73. The topological polar surface area (TPSA) is 74.8 Å². The molecule has 0 bridgehead atoms. The van der Waals surface area contributed by atoms with E-state index in [-0.39, 0.29) is 5.91 Å². The number of nitrogens with one attached hydrogen (secondary N) is 1. The van der Waals surface area contributed by atoms with Gasteiger partial charge in [0.05, 0.1) is 5.75 Å². The van der Waals surface area contributed by atoms with Crippen LogP contribution in [0.2, 0.25) is 0 Å². The number of carbonyl (C=O) groups is 1. The minimum absolute atomic E-state index is 0.0770. The van der Waals surface area contributed by atoms with Crippen LogP contribution >= 0.6 is 11.8 Å². The number of nitrogens with zero attached hydrogens (tertiary/aromatic N) is 4. The van der Waals surface area contributed by atoms with Crippen LogP contribution in [0.3, 0.4) is 0 Å². The van der Waals surface area contributed by atoms with E-state index in [1.807, 2.05) is 36.1 Å². The summed E-state index contributed by atoms with van der Waals surface area (Å²) in [6.07, 6.45) is 2.02. The Labute approximate surface area is 166 Å². The lowest BCUT2D eigenvalue weighted by atomic mass is 10.0. The molecule has 7 heteroatoms. The molecular formula is C21H19N5OS. The molecule has 0 aliphatic carbocycles. The van der Waals surface area contributed by atoms with Gasteiger partial charge in [0.15, 0.2) is 5.65 Å². The van der Waals surface area contributed by atoms with E-state index in [0.29, 0.717) is 16.6 Å². The van der Waals surface area contributed by atoms with Crippen LogP contribution in [0.5, 0.6) is 0 Å². The summed E-state index contributed by atoms with van der Waals surface area (Å²) in [4.78, 5) is 22.5. The highest BCUT2D eigenvalue weighted by Gasteiger charge is 2.22. The van der Waals surface area contributed by atoms with Crippen molar-refractivity contribution in [3.63, 3.8) is 0 Å².